The van der Waals surface area contributed by atoms with Gasteiger partial charge in [0.25, 0.3) is 0 Å². The molecular weight excluding hydrogens is 372 g/mol. The molecule has 0 heterocycles. The molecule has 2 fully saturated rings. The molecule has 1 atom stereocenters. The van der Waals surface area contributed by atoms with Gasteiger partial charge in [-0.05, 0) is 43.1 Å². The van der Waals surface area contributed by atoms with E-state index in [1.165, 1.54) is 6.42 Å². The van der Waals surface area contributed by atoms with Crippen molar-refractivity contribution in [2.75, 3.05) is 19.6 Å². The van der Waals surface area contributed by atoms with E-state index in [1.54, 1.807) is 0 Å². The lowest BCUT2D eigenvalue weighted by atomic mass is 9.71. The van der Waals surface area contributed by atoms with Crippen molar-refractivity contribution >= 4 is 17.8 Å². The SMILES string of the molecule is NCC1(CC(=O)NC[C@H](N)C(=O)NCC2(CC(=O)O)CCCCC2)CCCCC1. The minimum absolute atomic E-state index is 0.0560. The van der Waals surface area contributed by atoms with Crippen LogP contribution in [0.2, 0.25) is 0 Å². The second-order valence-electron chi connectivity index (χ2n) is 9.20. The van der Waals surface area contributed by atoms with Gasteiger partial charge in [0.15, 0.2) is 0 Å². The predicted molar refractivity (Wildman–Crippen MR) is 111 cm³/mol. The zero-order valence-corrected chi connectivity index (χ0v) is 17.5. The maximum Gasteiger partial charge on any atom is 0.303 e. The molecule has 2 amide bonds. The Morgan fingerprint density at radius 2 is 1.41 bits per heavy atom. The summed E-state index contributed by atoms with van der Waals surface area (Å²) in [6.45, 7) is 0.881. The van der Waals surface area contributed by atoms with E-state index in [0.29, 0.717) is 19.5 Å². The van der Waals surface area contributed by atoms with Gasteiger partial charge in [-0.25, -0.2) is 0 Å². The number of carboxylic acid groups (broad SMARTS) is 1. The minimum Gasteiger partial charge on any atom is -0.481 e. The van der Waals surface area contributed by atoms with Gasteiger partial charge in [-0.1, -0.05) is 38.5 Å². The Bertz CT molecular complexity index is 569. The van der Waals surface area contributed by atoms with Crippen molar-refractivity contribution in [3.63, 3.8) is 0 Å². The Morgan fingerprint density at radius 1 is 0.862 bits per heavy atom. The summed E-state index contributed by atoms with van der Waals surface area (Å²) in [4.78, 5) is 36.0. The number of aliphatic carboxylic acids is 1. The van der Waals surface area contributed by atoms with Crippen molar-refractivity contribution in [2.45, 2.75) is 83.1 Å². The van der Waals surface area contributed by atoms with Gasteiger partial charge in [0, 0.05) is 19.5 Å². The standard InChI is InChI=1S/C21H38N4O4/c22-14-20(7-3-1-4-8-20)11-17(26)24-13-16(23)19(29)25-15-21(12-18(27)28)9-5-2-6-10-21/h16H,1-15,22-23H2,(H,24,26)(H,25,29)(H,27,28)/t16-/m0/s1. The lowest BCUT2D eigenvalue weighted by Crippen LogP contribution is -2.51. The van der Waals surface area contributed by atoms with Crippen molar-refractivity contribution in [3.8, 4) is 0 Å². The van der Waals surface area contributed by atoms with Crippen LogP contribution in [0.1, 0.15) is 77.0 Å². The second-order valence-corrected chi connectivity index (χ2v) is 9.20. The van der Waals surface area contributed by atoms with Gasteiger partial charge < -0.3 is 27.2 Å². The molecule has 8 nitrogen and oxygen atoms in total. The highest BCUT2D eigenvalue weighted by molar-refractivity contribution is 5.83. The van der Waals surface area contributed by atoms with Gasteiger partial charge >= 0.3 is 5.97 Å². The van der Waals surface area contributed by atoms with Crippen molar-refractivity contribution in [2.24, 2.45) is 22.3 Å². The third kappa shape index (κ3) is 7.26. The van der Waals surface area contributed by atoms with Crippen LogP contribution in [0.4, 0.5) is 0 Å². The van der Waals surface area contributed by atoms with Crippen molar-refractivity contribution in [1.82, 2.24) is 10.6 Å². The van der Waals surface area contributed by atoms with Gasteiger partial charge in [-0.2, -0.15) is 0 Å². The monoisotopic (exact) mass is 410 g/mol. The molecule has 0 aromatic rings. The van der Waals surface area contributed by atoms with Gasteiger partial charge in [-0.3, -0.25) is 14.4 Å². The highest BCUT2D eigenvalue weighted by Gasteiger charge is 2.35. The summed E-state index contributed by atoms with van der Waals surface area (Å²) in [5, 5.41) is 14.8. The van der Waals surface area contributed by atoms with E-state index in [-0.39, 0.29) is 30.2 Å². The number of nitrogens with one attached hydrogen (secondary N) is 2. The molecule has 2 rings (SSSR count). The van der Waals surface area contributed by atoms with E-state index in [0.717, 1.165) is 57.8 Å². The predicted octanol–water partition coefficient (Wildman–Crippen LogP) is 1.27. The summed E-state index contributed by atoms with van der Waals surface area (Å²) in [7, 11) is 0. The number of carbonyl (C=O) groups is 3. The highest BCUT2D eigenvalue weighted by atomic mass is 16.4. The van der Waals surface area contributed by atoms with E-state index >= 15 is 0 Å². The molecular formula is C21H38N4O4. The summed E-state index contributed by atoms with van der Waals surface area (Å²) >= 11 is 0. The lowest BCUT2D eigenvalue weighted by Gasteiger charge is -2.36. The van der Waals surface area contributed by atoms with Gasteiger partial charge in [0.2, 0.25) is 11.8 Å². The summed E-state index contributed by atoms with van der Waals surface area (Å²) in [5.74, 6) is -1.31. The van der Waals surface area contributed by atoms with Crippen LogP contribution >= 0.6 is 0 Å². The molecule has 8 heteroatoms. The normalized spacial score (nSPS) is 21.7. The van der Waals surface area contributed by atoms with Gasteiger partial charge in [-0.15, -0.1) is 0 Å². The minimum atomic E-state index is -0.857. The van der Waals surface area contributed by atoms with Crippen LogP contribution in [0, 0.1) is 10.8 Å². The molecule has 2 aliphatic carbocycles. The Balaban J connectivity index is 1.77. The van der Waals surface area contributed by atoms with Crippen LogP contribution in [-0.2, 0) is 14.4 Å². The smallest absolute Gasteiger partial charge is 0.303 e. The third-order valence-corrected chi connectivity index (χ3v) is 6.82. The van der Waals surface area contributed by atoms with Gasteiger partial charge in [0.1, 0.15) is 6.04 Å². The number of nitrogens with two attached hydrogens (primary N) is 2. The molecule has 0 aliphatic heterocycles. The number of hydrogen-bond donors (Lipinski definition) is 5. The molecule has 0 aromatic heterocycles. The fourth-order valence-electron chi connectivity index (χ4n) is 4.92. The Labute approximate surface area is 173 Å². The first kappa shape index (κ1) is 23.6. The highest BCUT2D eigenvalue weighted by Crippen LogP contribution is 2.39. The van der Waals surface area contributed by atoms with Crippen molar-refractivity contribution < 1.29 is 19.5 Å². The first-order valence-corrected chi connectivity index (χ1v) is 11.0. The number of carboxylic acids is 1. The fraction of sp³-hybridized carbons (Fsp3) is 0.857. The summed E-state index contributed by atoms with van der Waals surface area (Å²) in [6, 6.07) is -0.857. The summed E-state index contributed by atoms with van der Waals surface area (Å²) < 4.78 is 0. The molecule has 2 saturated carbocycles. The largest absolute Gasteiger partial charge is 0.481 e. The van der Waals surface area contributed by atoms with Crippen LogP contribution in [0.25, 0.3) is 0 Å². The molecule has 7 N–H and O–H groups in total. The van der Waals surface area contributed by atoms with E-state index in [1.807, 2.05) is 0 Å². The first-order chi connectivity index (χ1) is 13.8. The maximum atomic E-state index is 12.4. The number of carbonyl (C=O) groups excluding carboxylic acids is 2. The average Bonchev–Trinajstić information content (AvgIpc) is 2.71. The fourth-order valence-corrected chi connectivity index (χ4v) is 4.92. The number of amides is 2. The average molecular weight is 411 g/mol. The number of rotatable bonds is 10. The van der Waals surface area contributed by atoms with E-state index < -0.39 is 17.4 Å². The summed E-state index contributed by atoms with van der Waals surface area (Å²) in [6.07, 6.45) is 10.4. The van der Waals surface area contributed by atoms with Crippen LogP contribution < -0.4 is 22.1 Å². The first-order valence-electron chi connectivity index (χ1n) is 11.0. The zero-order chi connectivity index (χ0) is 21.3. The van der Waals surface area contributed by atoms with Crippen LogP contribution in [-0.4, -0.2) is 48.6 Å². The molecule has 0 unspecified atom stereocenters. The number of hydrogen-bond acceptors (Lipinski definition) is 5. The van der Waals surface area contributed by atoms with Crippen molar-refractivity contribution in [1.29, 1.82) is 0 Å². The quantitative estimate of drug-likeness (QED) is 0.366. The van der Waals surface area contributed by atoms with Crippen LogP contribution in [0.3, 0.4) is 0 Å². The Morgan fingerprint density at radius 3 is 1.93 bits per heavy atom. The molecule has 2 aliphatic rings. The van der Waals surface area contributed by atoms with Crippen LogP contribution in [0.15, 0.2) is 0 Å². The Hall–Kier alpha value is -1.67. The molecule has 0 radical (unpaired) electrons. The molecule has 0 aromatic carbocycles. The zero-order valence-electron chi connectivity index (χ0n) is 17.5. The van der Waals surface area contributed by atoms with Crippen LogP contribution in [0.5, 0.6) is 0 Å². The Kier molecular flexibility index (Phi) is 8.89. The summed E-state index contributed by atoms with van der Waals surface area (Å²) in [5.41, 5.74) is 11.4. The lowest BCUT2D eigenvalue weighted by molar-refractivity contribution is -0.141. The molecule has 29 heavy (non-hydrogen) atoms. The molecule has 0 spiro atoms. The van der Waals surface area contributed by atoms with Crippen molar-refractivity contribution in [3.05, 3.63) is 0 Å². The molecule has 0 saturated heterocycles. The van der Waals surface area contributed by atoms with E-state index in [2.05, 4.69) is 10.6 Å². The molecule has 0 bridgehead atoms. The third-order valence-electron chi connectivity index (χ3n) is 6.82. The van der Waals surface area contributed by atoms with E-state index in [4.69, 9.17) is 11.5 Å². The van der Waals surface area contributed by atoms with Gasteiger partial charge in [0.05, 0.1) is 6.42 Å². The second kappa shape index (κ2) is 10.9. The topological polar surface area (TPSA) is 148 Å². The molecule has 166 valence electrons. The maximum absolute atomic E-state index is 12.4. The van der Waals surface area contributed by atoms with E-state index in [9.17, 15) is 19.5 Å².